The molecule has 1 fully saturated rings. The second-order valence-electron chi connectivity index (χ2n) is 7.31. The van der Waals surface area contributed by atoms with Crippen molar-refractivity contribution in [2.24, 2.45) is 5.92 Å². The highest BCUT2D eigenvalue weighted by molar-refractivity contribution is 6.32. The Hall–Kier alpha value is -2.73. The summed E-state index contributed by atoms with van der Waals surface area (Å²) in [6, 6.07) is 12.3. The number of hydrogen-bond donors (Lipinski definition) is 2. The fourth-order valence-corrected chi connectivity index (χ4v) is 3.55. The third kappa shape index (κ3) is 5.64. The molecular formula is C22H26ClN3O3. The first-order valence-corrected chi connectivity index (χ1v) is 10.1. The number of halogens is 1. The van der Waals surface area contributed by atoms with Crippen molar-refractivity contribution in [2.75, 3.05) is 37.4 Å². The normalized spacial score (nSPS) is 14.4. The number of piperidine rings is 1. The summed E-state index contributed by atoms with van der Waals surface area (Å²) >= 11 is 6.09. The Morgan fingerprint density at radius 3 is 2.59 bits per heavy atom. The fourth-order valence-electron chi connectivity index (χ4n) is 3.29. The summed E-state index contributed by atoms with van der Waals surface area (Å²) in [5, 5.41) is 6.32. The molecule has 0 unspecified atom stereocenters. The van der Waals surface area contributed by atoms with E-state index in [4.69, 9.17) is 16.3 Å². The van der Waals surface area contributed by atoms with Crippen LogP contribution in [0.5, 0.6) is 5.75 Å². The van der Waals surface area contributed by atoms with E-state index in [1.165, 1.54) is 0 Å². The molecule has 0 radical (unpaired) electrons. The number of rotatable bonds is 6. The molecule has 0 atom stereocenters. The predicted molar refractivity (Wildman–Crippen MR) is 116 cm³/mol. The van der Waals surface area contributed by atoms with Crippen LogP contribution in [0, 0.1) is 5.92 Å². The average molecular weight is 416 g/mol. The third-order valence-electron chi connectivity index (χ3n) is 5.07. The minimum Gasteiger partial charge on any atom is -0.495 e. The first-order valence-electron chi connectivity index (χ1n) is 9.73. The highest BCUT2D eigenvalue weighted by atomic mass is 35.5. The molecule has 0 aromatic heterocycles. The fraction of sp³-hybridized carbons (Fsp3) is 0.364. The molecule has 29 heavy (non-hydrogen) atoms. The molecule has 1 saturated heterocycles. The SMILES string of the molecule is COc1ccc(NCC(=O)Nc2cccc(C(=O)N3CCC(C)CC3)c2)cc1Cl. The van der Waals surface area contributed by atoms with Crippen molar-refractivity contribution in [1.82, 2.24) is 4.90 Å². The Balaban J connectivity index is 1.56. The van der Waals surface area contributed by atoms with Gasteiger partial charge < -0.3 is 20.3 Å². The first-order chi connectivity index (χ1) is 14.0. The molecule has 7 heteroatoms. The molecule has 0 spiro atoms. The second-order valence-corrected chi connectivity index (χ2v) is 7.71. The Morgan fingerprint density at radius 2 is 1.90 bits per heavy atom. The summed E-state index contributed by atoms with van der Waals surface area (Å²) in [6.45, 7) is 3.85. The van der Waals surface area contributed by atoms with Crippen LogP contribution in [0.1, 0.15) is 30.1 Å². The Labute approximate surface area is 176 Å². The van der Waals surface area contributed by atoms with E-state index in [1.54, 1.807) is 49.6 Å². The topological polar surface area (TPSA) is 70.7 Å². The molecule has 6 nitrogen and oxygen atoms in total. The maximum Gasteiger partial charge on any atom is 0.253 e. The zero-order valence-corrected chi connectivity index (χ0v) is 17.5. The van der Waals surface area contributed by atoms with Gasteiger partial charge in [-0.25, -0.2) is 0 Å². The first kappa shape index (κ1) is 21.0. The molecule has 2 aromatic carbocycles. The molecule has 2 amide bonds. The number of methoxy groups -OCH3 is 1. The number of anilines is 2. The van der Waals surface area contributed by atoms with Gasteiger partial charge in [-0.1, -0.05) is 24.6 Å². The van der Waals surface area contributed by atoms with Gasteiger partial charge in [0.15, 0.2) is 0 Å². The van der Waals surface area contributed by atoms with Gasteiger partial charge in [0.25, 0.3) is 5.91 Å². The van der Waals surface area contributed by atoms with Crippen LogP contribution in [-0.4, -0.2) is 43.5 Å². The Morgan fingerprint density at radius 1 is 1.14 bits per heavy atom. The van der Waals surface area contributed by atoms with Crippen molar-refractivity contribution in [1.29, 1.82) is 0 Å². The van der Waals surface area contributed by atoms with Gasteiger partial charge >= 0.3 is 0 Å². The molecule has 0 saturated carbocycles. The van der Waals surface area contributed by atoms with E-state index in [2.05, 4.69) is 17.6 Å². The highest BCUT2D eigenvalue weighted by Gasteiger charge is 2.21. The molecule has 1 aliphatic rings. The number of benzene rings is 2. The zero-order valence-electron chi connectivity index (χ0n) is 16.7. The van der Waals surface area contributed by atoms with Crippen molar-refractivity contribution in [3.05, 3.63) is 53.1 Å². The van der Waals surface area contributed by atoms with E-state index in [1.807, 2.05) is 4.90 Å². The van der Waals surface area contributed by atoms with E-state index in [0.29, 0.717) is 33.6 Å². The minimum absolute atomic E-state index is 0.0130. The molecule has 1 heterocycles. The van der Waals surface area contributed by atoms with Crippen LogP contribution in [0.2, 0.25) is 5.02 Å². The average Bonchev–Trinajstić information content (AvgIpc) is 2.72. The minimum atomic E-state index is -0.215. The summed E-state index contributed by atoms with van der Waals surface area (Å²) in [4.78, 5) is 26.9. The maximum absolute atomic E-state index is 12.7. The second kappa shape index (κ2) is 9.65. The third-order valence-corrected chi connectivity index (χ3v) is 5.36. The lowest BCUT2D eigenvalue weighted by Gasteiger charge is -2.30. The number of hydrogen-bond acceptors (Lipinski definition) is 4. The van der Waals surface area contributed by atoms with Gasteiger partial charge in [-0.05, 0) is 55.2 Å². The smallest absolute Gasteiger partial charge is 0.253 e. The quantitative estimate of drug-likeness (QED) is 0.739. The standard InChI is InChI=1S/C22H26ClN3O3/c1-15-8-10-26(11-9-15)22(28)16-4-3-5-18(12-16)25-21(27)14-24-17-6-7-20(29-2)19(23)13-17/h3-7,12-13,15,24H,8-11,14H2,1-2H3,(H,25,27). The number of ether oxygens (including phenoxy) is 1. The zero-order chi connectivity index (χ0) is 20.8. The molecular weight excluding hydrogens is 390 g/mol. The van der Waals surface area contributed by atoms with Crippen LogP contribution in [-0.2, 0) is 4.79 Å². The molecule has 154 valence electrons. The lowest BCUT2D eigenvalue weighted by atomic mass is 9.98. The number of carbonyl (C=O) groups is 2. The van der Waals surface area contributed by atoms with Crippen LogP contribution in [0.25, 0.3) is 0 Å². The maximum atomic E-state index is 12.7. The van der Waals surface area contributed by atoms with Crippen molar-refractivity contribution in [2.45, 2.75) is 19.8 Å². The molecule has 3 rings (SSSR count). The van der Waals surface area contributed by atoms with Crippen LogP contribution in [0.4, 0.5) is 11.4 Å². The van der Waals surface area contributed by atoms with E-state index >= 15 is 0 Å². The van der Waals surface area contributed by atoms with Crippen LogP contribution in [0.3, 0.4) is 0 Å². The van der Waals surface area contributed by atoms with Crippen molar-refractivity contribution < 1.29 is 14.3 Å². The molecule has 0 aliphatic carbocycles. The Bertz CT molecular complexity index is 879. The summed E-state index contributed by atoms with van der Waals surface area (Å²) in [6.07, 6.45) is 2.06. The lowest BCUT2D eigenvalue weighted by molar-refractivity contribution is -0.114. The highest BCUT2D eigenvalue weighted by Crippen LogP contribution is 2.27. The molecule has 1 aliphatic heterocycles. The number of likely N-dealkylation sites (tertiary alicyclic amines) is 1. The summed E-state index contributed by atoms with van der Waals surface area (Å²) in [7, 11) is 1.55. The van der Waals surface area contributed by atoms with Gasteiger partial charge in [-0.2, -0.15) is 0 Å². The number of nitrogens with one attached hydrogen (secondary N) is 2. The van der Waals surface area contributed by atoms with Crippen LogP contribution in [0.15, 0.2) is 42.5 Å². The molecule has 2 N–H and O–H groups in total. The molecule has 0 bridgehead atoms. The van der Waals surface area contributed by atoms with E-state index < -0.39 is 0 Å². The van der Waals surface area contributed by atoms with Gasteiger partial charge in [0.05, 0.1) is 18.7 Å². The van der Waals surface area contributed by atoms with E-state index in [0.717, 1.165) is 25.9 Å². The van der Waals surface area contributed by atoms with Crippen LogP contribution >= 0.6 is 11.6 Å². The molecule has 2 aromatic rings. The lowest BCUT2D eigenvalue weighted by Crippen LogP contribution is -2.37. The van der Waals surface area contributed by atoms with Gasteiger partial charge in [0.2, 0.25) is 5.91 Å². The summed E-state index contributed by atoms with van der Waals surface area (Å²) in [5.41, 5.74) is 1.90. The van der Waals surface area contributed by atoms with E-state index in [9.17, 15) is 9.59 Å². The van der Waals surface area contributed by atoms with Crippen molar-refractivity contribution >= 4 is 34.8 Å². The summed E-state index contributed by atoms with van der Waals surface area (Å²) < 4.78 is 5.11. The predicted octanol–water partition coefficient (Wildman–Crippen LogP) is 4.27. The Kier molecular flexibility index (Phi) is 6.99. The van der Waals surface area contributed by atoms with Crippen molar-refractivity contribution in [3.8, 4) is 5.75 Å². The largest absolute Gasteiger partial charge is 0.495 e. The number of carbonyl (C=O) groups excluding carboxylic acids is 2. The monoisotopic (exact) mass is 415 g/mol. The van der Waals surface area contributed by atoms with E-state index in [-0.39, 0.29) is 18.4 Å². The van der Waals surface area contributed by atoms with Gasteiger partial charge in [0.1, 0.15) is 5.75 Å². The van der Waals surface area contributed by atoms with Crippen molar-refractivity contribution in [3.63, 3.8) is 0 Å². The number of nitrogens with zero attached hydrogens (tertiary/aromatic N) is 1. The van der Waals surface area contributed by atoms with Gasteiger partial charge in [0, 0.05) is 30.0 Å². The van der Waals surface area contributed by atoms with Gasteiger partial charge in [-0.3, -0.25) is 9.59 Å². The summed E-state index contributed by atoms with van der Waals surface area (Å²) in [5.74, 6) is 1.04. The number of amides is 2. The van der Waals surface area contributed by atoms with Crippen LogP contribution < -0.4 is 15.4 Å². The van der Waals surface area contributed by atoms with Gasteiger partial charge in [-0.15, -0.1) is 0 Å².